The van der Waals surface area contributed by atoms with Gasteiger partial charge >= 0.3 is 6.18 Å². The first-order valence-electron chi connectivity index (χ1n) is 9.76. The lowest BCUT2D eigenvalue weighted by Crippen LogP contribution is -2.50. The number of benzene rings is 1. The third kappa shape index (κ3) is 5.03. The minimum Gasteiger partial charge on any atom is -0.356 e. The van der Waals surface area contributed by atoms with Crippen molar-refractivity contribution in [3.63, 3.8) is 0 Å². The molecule has 1 aliphatic heterocycles. The van der Waals surface area contributed by atoms with Crippen LogP contribution >= 0.6 is 0 Å². The van der Waals surface area contributed by atoms with E-state index in [2.05, 4.69) is 15.6 Å². The van der Waals surface area contributed by atoms with Crippen molar-refractivity contribution in [3.05, 3.63) is 35.4 Å². The normalized spacial score (nSPS) is 21.6. The molecule has 3 rings (SSSR count). The van der Waals surface area contributed by atoms with Gasteiger partial charge in [-0.05, 0) is 30.9 Å². The second-order valence-electron chi connectivity index (χ2n) is 7.63. The van der Waals surface area contributed by atoms with E-state index >= 15 is 0 Å². The largest absolute Gasteiger partial charge is 0.416 e. The van der Waals surface area contributed by atoms with E-state index in [0.29, 0.717) is 44.1 Å². The van der Waals surface area contributed by atoms with Gasteiger partial charge in [0.05, 0.1) is 11.3 Å². The molecule has 0 bridgehead atoms. The number of guanidine groups is 1. The van der Waals surface area contributed by atoms with Crippen molar-refractivity contribution in [2.24, 2.45) is 4.99 Å². The number of rotatable bonds is 6. The highest BCUT2D eigenvalue weighted by Crippen LogP contribution is 2.44. The first kappa shape index (κ1) is 21.9. The van der Waals surface area contributed by atoms with E-state index in [0.717, 1.165) is 25.3 Å². The SMILES string of the molecule is CN=C(NCCN1CCCS1(=O)=O)NCC1(c2cccc(C(F)(F)F)c2)CCC1. The number of nitrogens with zero attached hydrogens (tertiary/aromatic N) is 2. The third-order valence-electron chi connectivity index (χ3n) is 5.79. The van der Waals surface area contributed by atoms with Gasteiger partial charge in [-0.3, -0.25) is 4.99 Å². The number of hydrogen-bond acceptors (Lipinski definition) is 3. The number of nitrogens with one attached hydrogen (secondary N) is 2. The molecule has 0 unspecified atom stereocenters. The average Bonchev–Trinajstić information content (AvgIpc) is 2.97. The Bertz CT molecular complexity index is 851. The van der Waals surface area contributed by atoms with E-state index in [1.54, 1.807) is 13.1 Å². The maximum Gasteiger partial charge on any atom is 0.416 e. The summed E-state index contributed by atoms with van der Waals surface area (Å²) in [6, 6.07) is 5.55. The molecule has 0 aromatic heterocycles. The third-order valence-corrected chi connectivity index (χ3v) is 7.74. The summed E-state index contributed by atoms with van der Waals surface area (Å²) in [5.74, 6) is 0.708. The highest BCUT2D eigenvalue weighted by Gasteiger charge is 2.40. The molecular weight excluding hydrogens is 405 g/mol. The Morgan fingerprint density at radius 1 is 1.24 bits per heavy atom. The van der Waals surface area contributed by atoms with E-state index in [1.165, 1.54) is 16.4 Å². The number of halogens is 3. The smallest absolute Gasteiger partial charge is 0.356 e. The van der Waals surface area contributed by atoms with E-state index < -0.39 is 21.8 Å². The molecule has 0 radical (unpaired) electrons. The van der Waals surface area contributed by atoms with Crippen LogP contribution < -0.4 is 10.6 Å². The van der Waals surface area contributed by atoms with Crippen LogP contribution in [0.15, 0.2) is 29.3 Å². The molecule has 162 valence electrons. The Kier molecular flexibility index (Phi) is 6.42. The fraction of sp³-hybridized carbons (Fsp3) is 0.632. The van der Waals surface area contributed by atoms with Gasteiger partial charge in [-0.2, -0.15) is 13.2 Å². The van der Waals surface area contributed by atoms with Crippen LogP contribution in [0, 0.1) is 0 Å². The molecule has 1 saturated heterocycles. The van der Waals surface area contributed by atoms with Crippen LogP contribution in [-0.4, -0.2) is 57.7 Å². The summed E-state index contributed by atoms with van der Waals surface area (Å²) in [5, 5.41) is 6.30. The van der Waals surface area contributed by atoms with Crippen LogP contribution in [0.5, 0.6) is 0 Å². The highest BCUT2D eigenvalue weighted by molar-refractivity contribution is 7.89. The summed E-state index contributed by atoms with van der Waals surface area (Å²) >= 11 is 0. The number of hydrogen-bond donors (Lipinski definition) is 2. The van der Waals surface area contributed by atoms with E-state index in [-0.39, 0.29) is 11.2 Å². The van der Waals surface area contributed by atoms with Crippen molar-refractivity contribution in [1.82, 2.24) is 14.9 Å². The number of alkyl halides is 3. The van der Waals surface area contributed by atoms with Gasteiger partial charge < -0.3 is 10.6 Å². The number of sulfonamides is 1. The molecule has 2 fully saturated rings. The minimum atomic E-state index is -4.36. The van der Waals surface area contributed by atoms with Crippen LogP contribution in [0.4, 0.5) is 13.2 Å². The molecule has 6 nitrogen and oxygen atoms in total. The Hall–Kier alpha value is -1.81. The molecule has 1 heterocycles. The summed E-state index contributed by atoms with van der Waals surface area (Å²) < 4.78 is 64.4. The van der Waals surface area contributed by atoms with E-state index in [9.17, 15) is 21.6 Å². The van der Waals surface area contributed by atoms with Gasteiger partial charge in [0, 0.05) is 38.6 Å². The van der Waals surface area contributed by atoms with Crippen molar-refractivity contribution < 1.29 is 21.6 Å². The molecule has 0 atom stereocenters. The maximum absolute atomic E-state index is 13.1. The highest BCUT2D eigenvalue weighted by atomic mass is 32.2. The zero-order valence-corrected chi connectivity index (χ0v) is 17.2. The molecule has 2 N–H and O–H groups in total. The molecule has 0 spiro atoms. The van der Waals surface area contributed by atoms with Crippen molar-refractivity contribution in [2.45, 2.75) is 37.3 Å². The Morgan fingerprint density at radius 2 is 2.00 bits per heavy atom. The van der Waals surface area contributed by atoms with Gasteiger partial charge in [-0.25, -0.2) is 12.7 Å². The first-order chi connectivity index (χ1) is 13.7. The van der Waals surface area contributed by atoms with Crippen LogP contribution in [-0.2, 0) is 21.6 Å². The molecular formula is C19H27F3N4O2S. The summed E-state index contributed by atoms with van der Waals surface area (Å²) in [6.45, 7) is 1.78. The predicted molar refractivity (Wildman–Crippen MR) is 106 cm³/mol. The molecule has 29 heavy (non-hydrogen) atoms. The average molecular weight is 433 g/mol. The zero-order valence-electron chi connectivity index (χ0n) is 16.4. The lowest BCUT2D eigenvalue weighted by atomic mass is 9.64. The fourth-order valence-electron chi connectivity index (χ4n) is 3.91. The Labute approximate surface area is 169 Å². The summed E-state index contributed by atoms with van der Waals surface area (Å²) in [7, 11) is -1.52. The minimum absolute atomic E-state index is 0.194. The molecule has 1 aromatic rings. The molecule has 1 saturated carbocycles. The van der Waals surface area contributed by atoms with Gasteiger partial charge in [0.15, 0.2) is 5.96 Å². The van der Waals surface area contributed by atoms with Crippen LogP contribution in [0.3, 0.4) is 0 Å². The Balaban J connectivity index is 1.58. The molecule has 1 aromatic carbocycles. The monoisotopic (exact) mass is 432 g/mol. The van der Waals surface area contributed by atoms with Crippen LogP contribution in [0.25, 0.3) is 0 Å². The topological polar surface area (TPSA) is 73.8 Å². The van der Waals surface area contributed by atoms with Gasteiger partial charge in [0.1, 0.15) is 0 Å². The van der Waals surface area contributed by atoms with Gasteiger partial charge in [0.25, 0.3) is 0 Å². The van der Waals surface area contributed by atoms with Gasteiger partial charge in [-0.15, -0.1) is 0 Å². The standard InChI is InChI=1S/C19H27F3N4O2S/c1-23-17(24-9-11-26-10-4-12-29(26,27)28)25-14-18(7-3-8-18)15-5-2-6-16(13-15)19(20,21)22/h2,5-6,13H,3-4,7-12,14H2,1H3,(H2,23,24,25). The Morgan fingerprint density at radius 3 is 2.55 bits per heavy atom. The molecule has 1 aliphatic carbocycles. The van der Waals surface area contributed by atoms with Crippen molar-refractivity contribution in [2.75, 3.05) is 39.0 Å². The fourth-order valence-corrected chi connectivity index (χ4v) is 5.44. The molecule has 10 heteroatoms. The van der Waals surface area contributed by atoms with Crippen LogP contribution in [0.1, 0.15) is 36.8 Å². The van der Waals surface area contributed by atoms with E-state index in [4.69, 9.17) is 0 Å². The van der Waals surface area contributed by atoms with Gasteiger partial charge in [-0.1, -0.05) is 24.6 Å². The summed E-state index contributed by atoms with van der Waals surface area (Å²) in [6.07, 6.45) is -1.12. The van der Waals surface area contributed by atoms with Gasteiger partial charge in [0.2, 0.25) is 10.0 Å². The maximum atomic E-state index is 13.1. The zero-order chi connectivity index (χ0) is 21.1. The summed E-state index contributed by atoms with van der Waals surface area (Å²) in [5.41, 5.74) is -0.294. The second kappa shape index (κ2) is 8.51. The first-order valence-corrected chi connectivity index (χ1v) is 11.4. The quantitative estimate of drug-likeness (QED) is 0.535. The molecule has 0 amide bonds. The second-order valence-corrected chi connectivity index (χ2v) is 9.72. The number of aliphatic imine (C=N–C) groups is 1. The van der Waals surface area contributed by atoms with Crippen LogP contribution in [0.2, 0.25) is 0 Å². The molecule has 2 aliphatic rings. The lowest BCUT2D eigenvalue weighted by molar-refractivity contribution is -0.137. The summed E-state index contributed by atoms with van der Waals surface area (Å²) in [4.78, 5) is 4.15. The van der Waals surface area contributed by atoms with E-state index in [1.807, 2.05) is 0 Å². The lowest BCUT2D eigenvalue weighted by Gasteiger charge is -2.43. The van der Waals surface area contributed by atoms with Crippen molar-refractivity contribution in [1.29, 1.82) is 0 Å². The van der Waals surface area contributed by atoms with Crippen molar-refractivity contribution in [3.8, 4) is 0 Å². The van der Waals surface area contributed by atoms with Crippen molar-refractivity contribution >= 4 is 16.0 Å². The predicted octanol–water partition coefficient (Wildman–Crippen LogP) is 2.33.